The molecule has 0 radical (unpaired) electrons. The van der Waals surface area contributed by atoms with Gasteiger partial charge in [0.1, 0.15) is 0 Å². The molecule has 0 rings (SSSR count). The quantitative estimate of drug-likeness (QED) is 0.597. The molecule has 0 fully saturated rings. The van der Waals surface area contributed by atoms with Crippen LogP contribution >= 0.6 is 67.5 Å². The second-order valence-corrected chi connectivity index (χ2v) is 0. The van der Waals surface area contributed by atoms with Crippen LogP contribution in [0.15, 0.2) is 0 Å². The monoisotopic (exact) mass is 354 g/mol. The zero-order valence-electron chi connectivity index (χ0n) is 2.91. The molecule has 46 valence electrons. The van der Waals surface area contributed by atoms with E-state index in [4.69, 9.17) is 0 Å². The molecule has 0 aliphatic rings. The third-order valence-corrected chi connectivity index (χ3v) is 0. The van der Waals surface area contributed by atoms with Gasteiger partial charge in [-0.05, 0) is 0 Å². The average molecular weight is 354 g/mol. The van der Waals surface area contributed by atoms with Crippen molar-refractivity contribution in [1.82, 2.24) is 0 Å². The fraction of sp³-hybridized carbons (Fsp3) is 0. The first kappa shape index (κ1) is 78.5. The Kier molecular flexibility index (Phi) is 679. The molecule has 0 N–H and O–H groups in total. The Hall–Kier alpha value is 2.44. The zero-order chi connectivity index (χ0) is 0. The van der Waals surface area contributed by atoms with Gasteiger partial charge in [0.05, 0.1) is 0 Å². The molecular weight excluding hydrogens is 344 g/mol. The molecule has 6 heavy (non-hydrogen) atoms. The summed E-state index contributed by atoms with van der Waals surface area (Å²) in [5.41, 5.74) is 0. The van der Waals surface area contributed by atoms with Gasteiger partial charge in [0.15, 0.2) is 0 Å². The normalized spacial score (nSPS) is 0. The summed E-state index contributed by atoms with van der Waals surface area (Å²) < 4.78 is 0. The summed E-state index contributed by atoms with van der Waals surface area (Å²) in [6, 6.07) is 0. The van der Waals surface area contributed by atoms with Crippen LogP contribution in [0.5, 0.6) is 0 Å². The van der Waals surface area contributed by atoms with E-state index in [1.165, 1.54) is 0 Å². The van der Waals surface area contributed by atoms with Gasteiger partial charge in [0.25, 0.3) is 0 Å². The molecule has 0 unspecified atom stereocenters. The van der Waals surface area contributed by atoms with E-state index >= 15 is 0 Å². The number of rotatable bonds is 0. The van der Waals surface area contributed by atoms with Crippen molar-refractivity contribution in [3.8, 4) is 0 Å². The first-order chi connectivity index (χ1) is 0. The molecule has 0 spiro atoms. The van der Waals surface area contributed by atoms with Crippen LogP contribution in [0, 0.1) is 0 Å². The van der Waals surface area contributed by atoms with Gasteiger partial charge in [-0.15, -0.1) is 0 Å². The Bertz CT molecular complexity index is 3.90. The van der Waals surface area contributed by atoms with Crippen molar-refractivity contribution in [2.45, 2.75) is 0 Å². The summed E-state index contributed by atoms with van der Waals surface area (Å²) in [5, 5.41) is 0. The minimum atomic E-state index is 0. The van der Waals surface area contributed by atoms with E-state index < -0.39 is 0 Å². The van der Waals surface area contributed by atoms with Crippen LogP contribution < -0.4 is 0 Å². The molecular formula is H10S5W. The number of hydrogen-bond donors (Lipinski definition) is 0. The van der Waals surface area contributed by atoms with Crippen molar-refractivity contribution in [3.05, 3.63) is 0 Å². The predicted octanol–water partition coefficient (Wildman–Crippen LogP) is 0.561. The molecule has 0 aliphatic carbocycles. The van der Waals surface area contributed by atoms with Gasteiger partial charge in [-0.25, -0.2) is 0 Å². The van der Waals surface area contributed by atoms with Crippen LogP contribution in [-0.2, 0) is 21.1 Å². The zero-order valence-corrected chi connectivity index (χ0v) is 10.8. The molecule has 0 saturated carbocycles. The van der Waals surface area contributed by atoms with Gasteiger partial charge in [-0.2, -0.15) is 67.5 Å². The van der Waals surface area contributed by atoms with Crippen LogP contribution in [0.4, 0.5) is 0 Å². The van der Waals surface area contributed by atoms with Crippen molar-refractivity contribution < 1.29 is 21.1 Å². The van der Waals surface area contributed by atoms with Crippen LogP contribution in [0.1, 0.15) is 0 Å². The second-order valence-electron chi connectivity index (χ2n) is 0. The van der Waals surface area contributed by atoms with Crippen molar-refractivity contribution in [2.75, 3.05) is 0 Å². The Morgan fingerprint density at radius 2 is 0.333 bits per heavy atom. The van der Waals surface area contributed by atoms with Crippen LogP contribution in [0.25, 0.3) is 0 Å². The maximum absolute atomic E-state index is 0. The van der Waals surface area contributed by atoms with Gasteiger partial charge < -0.3 is 0 Å². The fourth-order valence-electron chi connectivity index (χ4n) is 0. The Morgan fingerprint density at radius 1 is 0.333 bits per heavy atom. The van der Waals surface area contributed by atoms with Crippen molar-refractivity contribution in [2.24, 2.45) is 0 Å². The molecule has 0 heterocycles. The average Bonchev–Trinajstić information content (AvgIpc) is 0. The van der Waals surface area contributed by atoms with E-state index in [9.17, 15) is 0 Å². The van der Waals surface area contributed by atoms with E-state index in [1.807, 2.05) is 0 Å². The van der Waals surface area contributed by atoms with Gasteiger partial charge in [0.2, 0.25) is 0 Å². The van der Waals surface area contributed by atoms with E-state index in [-0.39, 0.29) is 88.5 Å². The summed E-state index contributed by atoms with van der Waals surface area (Å²) in [7, 11) is 0. The molecule has 0 aromatic carbocycles. The minimum absolute atomic E-state index is 0. The third-order valence-electron chi connectivity index (χ3n) is 0. The largest absolute Gasteiger partial charge is 0.197 e. The molecule has 0 amide bonds. The first-order valence-corrected chi connectivity index (χ1v) is 0. The maximum atomic E-state index is 0. The van der Waals surface area contributed by atoms with E-state index in [2.05, 4.69) is 0 Å². The number of hydrogen-bond acceptors (Lipinski definition) is 0. The van der Waals surface area contributed by atoms with Gasteiger partial charge in [-0.3, -0.25) is 0 Å². The standard InChI is InChI=1S/5H2S.W/h5*1H2;. The predicted molar refractivity (Wildman–Crippen MR) is 51.9 cm³/mol. The molecule has 0 aliphatic heterocycles. The summed E-state index contributed by atoms with van der Waals surface area (Å²) in [6.45, 7) is 0. The topological polar surface area (TPSA) is 0 Å². The molecule has 0 bridgehead atoms. The molecule has 0 aromatic rings. The van der Waals surface area contributed by atoms with Crippen molar-refractivity contribution in [1.29, 1.82) is 0 Å². The summed E-state index contributed by atoms with van der Waals surface area (Å²) in [5.74, 6) is 0. The molecule has 0 atom stereocenters. The van der Waals surface area contributed by atoms with Crippen LogP contribution in [0.3, 0.4) is 0 Å². The Balaban J connectivity index is 0. The van der Waals surface area contributed by atoms with E-state index in [1.54, 1.807) is 0 Å². The van der Waals surface area contributed by atoms with Gasteiger partial charge >= 0.3 is 0 Å². The van der Waals surface area contributed by atoms with Crippen LogP contribution in [-0.4, -0.2) is 0 Å². The van der Waals surface area contributed by atoms with E-state index in [0.717, 1.165) is 0 Å². The Morgan fingerprint density at radius 3 is 0.333 bits per heavy atom. The van der Waals surface area contributed by atoms with Crippen molar-refractivity contribution >= 4 is 67.5 Å². The molecule has 0 nitrogen and oxygen atoms in total. The summed E-state index contributed by atoms with van der Waals surface area (Å²) in [4.78, 5) is 0. The van der Waals surface area contributed by atoms with Crippen LogP contribution in [0.2, 0.25) is 0 Å². The summed E-state index contributed by atoms with van der Waals surface area (Å²) >= 11 is 0. The SMILES string of the molecule is S.S.S.S.S.[W]. The smallest absolute Gasteiger partial charge is 0 e. The van der Waals surface area contributed by atoms with E-state index in [0.29, 0.717) is 0 Å². The van der Waals surface area contributed by atoms with Gasteiger partial charge in [0, 0.05) is 21.1 Å². The maximum Gasteiger partial charge on any atom is 0 e. The molecule has 6 heteroatoms. The molecule has 0 aromatic heterocycles. The molecule has 0 saturated heterocycles. The fourth-order valence-corrected chi connectivity index (χ4v) is 0. The van der Waals surface area contributed by atoms with Gasteiger partial charge in [-0.1, -0.05) is 0 Å². The Labute approximate surface area is 87.7 Å². The first-order valence-electron chi connectivity index (χ1n) is 0. The third kappa shape index (κ3) is 32.0. The summed E-state index contributed by atoms with van der Waals surface area (Å²) in [6.07, 6.45) is 0. The minimum Gasteiger partial charge on any atom is -0.197 e. The van der Waals surface area contributed by atoms with Crippen molar-refractivity contribution in [3.63, 3.8) is 0 Å². The second kappa shape index (κ2) is 51.9.